The molecule has 0 bridgehead atoms. The van der Waals surface area contributed by atoms with Crippen LogP contribution in [-0.2, 0) is 9.53 Å². The lowest BCUT2D eigenvalue weighted by Crippen LogP contribution is -2.41. The van der Waals surface area contributed by atoms with Gasteiger partial charge in [0.05, 0.1) is 18.3 Å². The Morgan fingerprint density at radius 1 is 1.21 bits per heavy atom. The maximum absolute atomic E-state index is 12.4. The molecule has 2 atom stereocenters. The van der Waals surface area contributed by atoms with E-state index >= 15 is 0 Å². The highest BCUT2D eigenvalue weighted by atomic mass is 16.6. The van der Waals surface area contributed by atoms with Gasteiger partial charge in [-0.05, 0) is 50.8 Å². The van der Waals surface area contributed by atoms with Crippen molar-refractivity contribution in [3.05, 3.63) is 66.0 Å². The fourth-order valence-electron chi connectivity index (χ4n) is 4.19. The normalized spacial score (nSPS) is 16.6. The number of carboxylic acid groups (broad SMARTS) is 1. The lowest BCUT2D eigenvalue weighted by atomic mass is 9.99. The highest BCUT2D eigenvalue weighted by molar-refractivity contribution is 5.84. The first-order valence-electron chi connectivity index (χ1n) is 11.4. The monoisotopic (exact) mass is 463 g/mol. The van der Waals surface area contributed by atoms with Crippen LogP contribution in [0.2, 0.25) is 0 Å². The minimum atomic E-state index is -0.794. The molecule has 0 aliphatic carbocycles. The van der Waals surface area contributed by atoms with E-state index in [0.717, 1.165) is 48.4 Å². The molecular formula is C25H29N5O4. The van der Waals surface area contributed by atoms with Crippen molar-refractivity contribution in [2.24, 2.45) is 0 Å². The minimum Gasteiger partial charge on any atom is -0.481 e. The van der Waals surface area contributed by atoms with Crippen LogP contribution in [0.25, 0.3) is 5.69 Å². The van der Waals surface area contributed by atoms with Gasteiger partial charge in [-0.15, -0.1) is 5.10 Å². The van der Waals surface area contributed by atoms with Gasteiger partial charge in [0.25, 0.3) is 0 Å². The van der Waals surface area contributed by atoms with Crippen molar-refractivity contribution < 1.29 is 19.4 Å². The average Bonchev–Trinajstić information content (AvgIpc) is 3.19. The molecule has 4 rings (SSSR count). The summed E-state index contributed by atoms with van der Waals surface area (Å²) in [4.78, 5) is 30.3. The maximum Gasteiger partial charge on any atom is 0.413 e. The molecule has 0 saturated carbocycles. The third-order valence-corrected chi connectivity index (χ3v) is 6.00. The Morgan fingerprint density at radius 3 is 2.71 bits per heavy atom. The Bertz CT molecular complexity index is 1130. The molecule has 1 saturated heterocycles. The summed E-state index contributed by atoms with van der Waals surface area (Å²) >= 11 is 0. The average molecular weight is 464 g/mol. The molecule has 3 heterocycles. The van der Waals surface area contributed by atoms with Gasteiger partial charge in [-0.2, -0.15) is 0 Å². The van der Waals surface area contributed by atoms with Gasteiger partial charge in [0, 0.05) is 24.3 Å². The number of aliphatic carboxylic acids is 1. The number of carbonyl (C=O) groups excluding carboxylic acids is 1. The van der Waals surface area contributed by atoms with Crippen molar-refractivity contribution in [2.75, 3.05) is 16.8 Å². The Hall–Kier alpha value is -3.88. The van der Waals surface area contributed by atoms with Crippen LogP contribution >= 0.6 is 0 Å². The van der Waals surface area contributed by atoms with Crippen LogP contribution in [0.5, 0.6) is 0 Å². The first kappa shape index (κ1) is 23.3. The highest BCUT2D eigenvalue weighted by Gasteiger charge is 2.25. The molecule has 1 fully saturated rings. The SMILES string of the molecule is Cc1cn(-c2ccc(N3CCCCC3CC(=O)O)nc2)nc1NC(=O)OC(C)c1ccccc1. The van der Waals surface area contributed by atoms with Crippen LogP contribution in [-0.4, -0.2) is 44.5 Å². The van der Waals surface area contributed by atoms with E-state index in [1.165, 1.54) is 0 Å². The molecule has 2 unspecified atom stereocenters. The number of hydrogen-bond acceptors (Lipinski definition) is 6. The summed E-state index contributed by atoms with van der Waals surface area (Å²) in [5.41, 5.74) is 2.43. The van der Waals surface area contributed by atoms with Gasteiger partial charge in [-0.3, -0.25) is 10.1 Å². The van der Waals surface area contributed by atoms with E-state index in [1.807, 2.05) is 56.3 Å². The number of aryl methyl sites for hydroxylation is 1. The van der Waals surface area contributed by atoms with Crippen molar-refractivity contribution in [1.29, 1.82) is 0 Å². The zero-order valence-corrected chi connectivity index (χ0v) is 19.3. The third-order valence-electron chi connectivity index (χ3n) is 6.00. The summed E-state index contributed by atoms with van der Waals surface area (Å²) in [5, 5.41) is 16.4. The number of anilines is 2. The smallest absolute Gasteiger partial charge is 0.413 e. The number of nitrogens with one attached hydrogen (secondary N) is 1. The molecule has 2 aromatic heterocycles. The topological polar surface area (TPSA) is 110 Å². The number of aromatic nitrogens is 3. The van der Waals surface area contributed by atoms with E-state index in [0.29, 0.717) is 5.82 Å². The van der Waals surface area contributed by atoms with Crippen molar-refractivity contribution in [3.8, 4) is 5.69 Å². The van der Waals surface area contributed by atoms with Gasteiger partial charge in [0.15, 0.2) is 5.82 Å². The van der Waals surface area contributed by atoms with Crippen LogP contribution in [0.3, 0.4) is 0 Å². The summed E-state index contributed by atoms with van der Waals surface area (Å²) in [7, 11) is 0. The van der Waals surface area contributed by atoms with Crippen LogP contribution < -0.4 is 10.2 Å². The zero-order chi connectivity index (χ0) is 24.1. The lowest BCUT2D eigenvalue weighted by molar-refractivity contribution is -0.137. The second-order valence-corrected chi connectivity index (χ2v) is 8.50. The van der Waals surface area contributed by atoms with Crippen LogP contribution in [0, 0.1) is 6.92 Å². The molecule has 9 nitrogen and oxygen atoms in total. The van der Waals surface area contributed by atoms with Crippen LogP contribution in [0.15, 0.2) is 54.9 Å². The predicted octanol–water partition coefficient (Wildman–Crippen LogP) is 4.72. The van der Waals surface area contributed by atoms with E-state index < -0.39 is 12.1 Å². The Balaban J connectivity index is 1.42. The number of nitrogens with zero attached hydrogens (tertiary/aromatic N) is 4. The number of carbonyl (C=O) groups is 2. The van der Waals surface area contributed by atoms with Crippen LogP contribution in [0.1, 0.15) is 49.8 Å². The Labute approximate surface area is 198 Å². The molecule has 1 aromatic carbocycles. The second-order valence-electron chi connectivity index (χ2n) is 8.50. The van der Waals surface area contributed by atoms with Gasteiger partial charge in [0.1, 0.15) is 11.9 Å². The number of piperidine rings is 1. The van der Waals surface area contributed by atoms with E-state index in [9.17, 15) is 14.7 Å². The first-order chi connectivity index (χ1) is 16.4. The van der Waals surface area contributed by atoms with E-state index in [4.69, 9.17) is 4.74 Å². The molecule has 0 spiro atoms. The summed E-state index contributed by atoms with van der Waals surface area (Å²) in [6.45, 7) is 4.46. The molecule has 1 amide bonds. The van der Waals surface area contributed by atoms with Crippen molar-refractivity contribution in [3.63, 3.8) is 0 Å². The molecular weight excluding hydrogens is 434 g/mol. The third kappa shape index (κ3) is 5.54. The second kappa shape index (κ2) is 10.4. The van der Waals surface area contributed by atoms with Gasteiger partial charge in [0.2, 0.25) is 0 Å². The van der Waals surface area contributed by atoms with Gasteiger partial charge in [-0.1, -0.05) is 30.3 Å². The molecule has 1 aliphatic rings. The number of ether oxygens (including phenoxy) is 1. The van der Waals surface area contributed by atoms with Gasteiger partial charge in [-0.25, -0.2) is 14.5 Å². The molecule has 1 aliphatic heterocycles. The Morgan fingerprint density at radius 2 is 2.00 bits per heavy atom. The minimum absolute atomic E-state index is 0.0448. The van der Waals surface area contributed by atoms with Gasteiger partial charge >= 0.3 is 12.1 Å². The van der Waals surface area contributed by atoms with E-state index in [2.05, 4.69) is 20.3 Å². The summed E-state index contributed by atoms with van der Waals surface area (Å²) in [5.74, 6) is 0.375. The fourth-order valence-corrected chi connectivity index (χ4v) is 4.19. The summed E-state index contributed by atoms with van der Waals surface area (Å²) in [6, 6.07) is 13.2. The van der Waals surface area contributed by atoms with Crippen molar-refractivity contribution in [2.45, 2.75) is 51.7 Å². The maximum atomic E-state index is 12.4. The standard InChI is InChI=1S/C25H29N5O4/c1-17-16-30(28-24(17)27-25(33)34-18(2)19-8-4-3-5-9-19)21-11-12-22(26-15-21)29-13-7-6-10-20(29)14-23(31)32/h3-5,8-9,11-12,15-16,18,20H,6-7,10,13-14H2,1-2H3,(H,31,32)(H,27,28,33). The quantitative estimate of drug-likeness (QED) is 0.522. The highest BCUT2D eigenvalue weighted by Crippen LogP contribution is 2.26. The van der Waals surface area contributed by atoms with Gasteiger partial charge < -0.3 is 14.7 Å². The van der Waals surface area contributed by atoms with Crippen molar-refractivity contribution >= 4 is 23.7 Å². The summed E-state index contributed by atoms with van der Waals surface area (Å²) in [6.07, 6.45) is 5.55. The van der Waals surface area contributed by atoms with Crippen LogP contribution in [0.4, 0.5) is 16.4 Å². The summed E-state index contributed by atoms with van der Waals surface area (Å²) < 4.78 is 7.12. The molecule has 9 heteroatoms. The largest absolute Gasteiger partial charge is 0.481 e. The zero-order valence-electron chi connectivity index (χ0n) is 19.3. The number of benzene rings is 1. The number of rotatable bonds is 7. The number of carboxylic acids is 1. The number of amides is 1. The molecule has 178 valence electrons. The molecule has 3 aromatic rings. The predicted molar refractivity (Wildman–Crippen MR) is 128 cm³/mol. The number of pyridine rings is 1. The molecule has 2 N–H and O–H groups in total. The number of hydrogen-bond donors (Lipinski definition) is 2. The van der Waals surface area contributed by atoms with E-state index in [-0.39, 0.29) is 18.6 Å². The lowest BCUT2D eigenvalue weighted by Gasteiger charge is -2.35. The fraction of sp³-hybridized carbons (Fsp3) is 0.360. The first-order valence-corrected chi connectivity index (χ1v) is 11.4. The van der Waals surface area contributed by atoms with E-state index in [1.54, 1.807) is 17.1 Å². The Kier molecular flexibility index (Phi) is 7.10. The molecule has 34 heavy (non-hydrogen) atoms. The van der Waals surface area contributed by atoms with Crippen molar-refractivity contribution in [1.82, 2.24) is 14.8 Å². The molecule has 0 radical (unpaired) electrons.